The van der Waals surface area contributed by atoms with Gasteiger partial charge in [-0.2, -0.15) is 0 Å². The highest BCUT2D eigenvalue weighted by atomic mass is 32.2. The third-order valence-electron chi connectivity index (χ3n) is 5.24. The molecule has 1 heterocycles. The first-order valence-electron chi connectivity index (χ1n) is 10.7. The van der Waals surface area contributed by atoms with Crippen molar-refractivity contribution in [3.05, 3.63) is 90.5 Å². The first-order chi connectivity index (χ1) is 16.1. The van der Waals surface area contributed by atoms with Crippen LogP contribution in [-0.2, 0) is 16.0 Å². The number of aliphatic imine (C=N–C) groups is 1. The first kappa shape index (κ1) is 22.6. The van der Waals surface area contributed by atoms with Gasteiger partial charge in [0.05, 0.1) is 18.5 Å². The summed E-state index contributed by atoms with van der Waals surface area (Å²) < 4.78 is 5.33. The van der Waals surface area contributed by atoms with Gasteiger partial charge in [-0.25, -0.2) is 4.99 Å². The first-order valence-corrected chi connectivity index (χ1v) is 11.6. The summed E-state index contributed by atoms with van der Waals surface area (Å²) in [6.07, 6.45) is 0.813. The lowest BCUT2D eigenvalue weighted by Crippen LogP contribution is -2.46. The van der Waals surface area contributed by atoms with E-state index in [1.165, 1.54) is 11.8 Å². The minimum absolute atomic E-state index is 0.105. The number of hydrogen-bond acceptors (Lipinski definition) is 5. The zero-order chi connectivity index (χ0) is 23.0. The standard InChI is InChI=1S/C26H25N3O3S/c1-32-22-15-9-8-14-21(22)28-25(31)23-18-24(30)29(17-16-19-10-4-2-5-11-19)26(33-23)27-20-12-6-3-7-13-20/h2-15,23H,16-18H2,1H3,(H,28,31). The number of amidine groups is 1. The van der Waals surface area contributed by atoms with E-state index in [9.17, 15) is 9.59 Å². The molecule has 0 aliphatic carbocycles. The molecule has 6 nitrogen and oxygen atoms in total. The van der Waals surface area contributed by atoms with Gasteiger partial charge in [-0.05, 0) is 36.2 Å². The predicted octanol–water partition coefficient (Wildman–Crippen LogP) is 4.90. The van der Waals surface area contributed by atoms with Crippen molar-refractivity contribution in [1.82, 2.24) is 4.90 Å². The number of thioether (sulfide) groups is 1. The Morgan fingerprint density at radius 2 is 1.70 bits per heavy atom. The highest BCUT2D eigenvalue weighted by Gasteiger charge is 2.36. The topological polar surface area (TPSA) is 71.0 Å². The lowest BCUT2D eigenvalue weighted by atomic mass is 10.1. The zero-order valence-electron chi connectivity index (χ0n) is 18.3. The monoisotopic (exact) mass is 459 g/mol. The quantitative estimate of drug-likeness (QED) is 0.546. The molecule has 0 aromatic heterocycles. The van der Waals surface area contributed by atoms with Gasteiger partial charge >= 0.3 is 0 Å². The maximum absolute atomic E-state index is 13.1. The molecule has 0 bridgehead atoms. The fourth-order valence-electron chi connectivity index (χ4n) is 3.52. The number of para-hydroxylation sites is 3. The molecule has 1 unspecified atom stereocenters. The van der Waals surface area contributed by atoms with Crippen LogP contribution in [0.3, 0.4) is 0 Å². The van der Waals surface area contributed by atoms with Crippen LogP contribution in [0.4, 0.5) is 11.4 Å². The molecule has 4 rings (SSSR count). The van der Waals surface area contributed by atoms with Crippen molar-refractivity contribution in [1.29, 1.82) is 0 Å². The summed E-state index contributed by atoms with van der Waals surface area (Å²) >= 11 is 1.32. The molecule has 33 heavy (non-hydrogen) atoms. The Labute approximate surface area is 197 Å². The summed E-state index contributed by atoms with van der Waals surface area (Å²) in [7, 11) is 1.55. The van der Waals surface area contributed by atoms with Gasteiger partial charge in [0.25, 0.3) is 0 Å². The van der Waals surface area contributed by atoms with Crippen LogP contribution in [0.1, 0.15) is 12.0 Å². The summed E-state index contributed by atoms with van der Waals surface area (Å²) in [5.41, 5.74) is 2.46. The van der Waals surface area contributed by atoms with Crippen molar-refractivity contribution in [2.45, 2.75) is 18.1 Å². The van der Waals surface area contributed by atoms with Crippen LogP contribution in [-0.4, -0.2) is 40.8 Å². The van der Waals surface area contributed by atoms with E-state index in [2.05, 4.69) is 5.32 Å². The van der Waals surface area contributed by atoms with Crippen molar-refractivity contribution in [2.75, 3.05) is 19.0 Å². The van der Waals surface area contributed by atoms with Crippen LogP contribution in [0, 0.1) is 0 Å². The van der Waals surface area contributed by atoms with Crippen molar-refractivity contribution in [2.24, 2.45) is 4.99 Å². The predicted molar refractivity (Wildman–Crippen MR) is 133 cm³/mol. The Hall–Kier alpha value is -3.58. The third kappa shape index (κ3) is 5.81. The van der Waals surface area contributed by atoms with E-state index >= 15 is 0 Å². The highest BCUT2D eigenvalue weighted by Crippen LogP contribution is 2.31. The van der Waals surface area contributed by atoms with Crippen LogP contribution in [0.15, 0.2) is 89.9 Å². The number of rotatable bonds is 7. The van der Waals surface area contributed by atoms with Gasteiger partial charge in [0.2, 0.25) is 11.8 Å². The summed E-state index contributed by atoms with van der Waals surface area (Å²) in [4.78, 5) is 32.6. The van der Waals surface area contributed by atoms with Crippen LogP contribution in [0.2, 0.25) is 0 Å². The van der Waals surface area contributed by atoms with Gasteiger partial charge in [-0.1, -0.05) is 72.4 Å². The Morgan fingerprint density at radius 1 is 1.03 bits per heavy atom. The van der Waals surface area contributed by atoms with E-state index in [-0.39, 0.29) is 18.2 Å². The van der Waals surface area contributed by atoms with Crippen LogP contribution in [0.25, 0.3) is 0 Å². The van der Waals surface area contributed by atoms with E-state index in [0.29, 0.717) is 29.6 Å². The van der Waals surface area contributed by atoms with Gasteiger partial charge in [-0.3, -0.25) is 14.5 Å². The van der Waals surface area contributed by atoms with E-state index in [0.717, 1.165) is 11.3 Å². The zero-order valence-corrected chi connectivity index (χ0v) is 19.1. The van der Waals surface area contributed by atoms with Gasteiger partial charge in [0, 0.05) is 13.0 Å². The molecule has 2 amide bonds. The molecule has 3 aromatic carbocycles. The van der Waals surface area contributed by atoms with Crippen LogP contribution in [0.5, 0.6) is 5.75 Å². The summed E-state index contributed by atoms with van der Waals surface area (Å²) in [6, 6.07) is 26.7. The molecular weight excluding hydrogens is 434 g/mol. The largest absolute Gasteiger partial charge is 0.495 e. The fourth-order valence-corrected chi connectivity index (χ4v) is 4.65. The average Bonchev–Trinajstić information content (AvgIpc) is 2.85. The molecule has 1 fully saturated rings. The van der Waals surface area contributed by atoms with Gasteiger partial charge in [-0.15, -0.1) is 0 Å². The number of nitrogens with one attached hydrogen (secondary N) is 1. The van der Waals surface area contributed by atoms with E-state index in [1.807, 2.05) is 72.8 Å². The molecule has 168 valence electrons. The fraction of sp³-hybridized carbons (Fsp3) is 0.192. The number of methoxy groups -OCH3 is 1. The number of nitrogens with zero attached hydrogens (tertiary/aromatic N) is 2. The van der Waals surface area contributed by atoms with Gasteiger partial charge in [0.1, 0.15) is 11.0 Å². The third-order valence-corrected chi connectivity index (χ3v) is 6.43. The molecule has 1 aliphatic rings. The second kappa shape index (κ2) is 10.8. The van der Waals surface area contributed by atoms with Crippen molar-refractivity contribution >= 4 is 40.1 Å². The van der Waals surface area contributed by atoms with E-state index in [4.69, 9.17) is 9.73 Å². The lowest BCUT2D eigenvalue weighted by Gasteiger charge is -2.32. The number of hydrogen-bond donors (Lipinski definition) is 1. The second-order valence-corrected chi connectivity index (χ2v) is 8.68. The van der Waals surface area contributed by atoms with Gasteiger partial charge < -0.3 is 10.1 Å². The molecule has 0 radical (unpaired) electrons. The molecular formula is C26H25N3O3S. The number of benzene rings is 3. The maximum Gasteiger partial charge on any atom is 0.238 e. The highest BCUT2D eigenvalue weighted by molar-refractivity contribution is 8.15. The number of carbonyl (C=O) groups is 2. The Bertz CT molecular complexity index is 1140. The van der Waals surface area contributed by atoms with E-state index < -0.39 is 5.25 Å². The Balaban J connectivity index is 1.54. The number of anilines is 1. The molecule has 3 aromatic rings. The molecule has 7 heteroatoms. The summed E-state index contributed by atoms with van der Waals surface area (Å²) in [5, 5.41) is 2.85. The molecule has 1 aliphatic heterocycles. The average molecular weight is 460 g/mol. The molecule has 1 atom stereocenters. The summed E-state index contributed by atoms with van der Waals surface area (Å²) in [6.45, 7) is 0.502. The minimum Gasteiger partial charge on any atom is -0.495 e. The van der Waals surface area contributed by atoms with Crippen molar-refractivity contribution < 1.29 is 14.3 Å². The number of amides is 2. The summed E-state index contributed by atoms with van der Waals surface area (Å²) in [5.74, 6) is 0.210. The molecule has 0 saturated carbocycles. The minimum atomic E-state index is -0.585. The molecule has 1 saturated heterocycles. The van der Waals surface area contributed by atoms with Gasteiger partial charge in [0.15, 0.2) is 5.17 Å². The molecule has 1 N–H and O–H groups in total. The van der Waals surface area contributed by atoms with Crippen molar-refractivity contribution in [3.63, 3.8) is 0 Å². The SMILES string of the molecule is COc1ccccc1NC(=O)C1CC(=O)N(CCc2ccccc2)C(=Nc2ccccc2)S1. The number of carbonyl (C=O) groups excluding carboxylic acids is 2. The molecule has 0 spiro atoms. The van der Waals surface area contributed by atoms with Crippen molar-refractivity contribution in [3.8, 4) is 5.75 Å². The smallest absolute Gasteiger partial charge is 0.238 e. The van der Waals surface area contributed by atoms with Crippen LogP contribution >= 0.6 is 11.8 Å². The number of ether oxygens (including phenoxy) is 1. The Morgan fingerprint density at radius 3 is 2.42 bits per heavy atom. The normalized spacial score (nSPS) is 17.1. The second-order valence-electron chi connectivity index (χ2n) is 7.51. The maximum atomic E-state index is 13.1. The lowest BCUT2D eigenvalue weighted by molar-refractivity contribution is -0.129. The Kier molecular flexibility index (Phi) is 7.42. The van der Waals surface area contributed by atoms with Crippen LogP contribution < -0.4 is 10.1 Å². The van der Waals surface area contributed by atoms with E-state index in [1.54, 1.807) is 24.1 Å².